The van der Waals surface area contributed by atoms with Gasteiger partial charge in [0.25, 0.3) is 0 Å². The molecule has 3 heterocycles. The minimum Gasteiger partial charge on any atom is -0.462 e. The second kappa shape index (κ2) is 8.60. The number of carbonyl (C=O) groups excluding carboxylic acids is 1. The number of carbonyl (C=O) groups is 1. The van der Waals surface area contributed by atoms with E-state index in [0.717, 1.165) is 16.4 Å². The Morgan fingerprint density at radius 2 is 2.13 bits per heavy atom. The number of esters is 1. The molecule has 0 aliphatic carbocycles. The van der Waals surface area contributed by atoms with Crippen LogP contribution in [0, 0.1) is 13.8 Å². The van der Waals surface area contributed by atoms with Crippen molar-refractivity contribution in [2.75, 3.05) is 12.3 Å². The highest BCUT2D eigenvalue weighted by Crippen LogP contribution is 2.31. The van der Waals surface area contributed by atoms with E-state index >= 15 is 0 Å². The normalized spacial score (nSPS) is 11.2. The molecule has 160 valence electrons. The Balaban J connectivity index is 1.62. The van der Waals surface area contributed by atoms with Crippen LogP contribution in [0.3, 0.4) is 0 Å². The van der Waals surface area contributed by atoms with Crippen LogP contribution in [-0.4, -0.2) is 32.1 Å². The first kappa shape index (κ1) is 21.2. The quantitative estimate of drug-likeness (QED) is 0.327. The molecule has 4 rings (SSSR count). The first-order chi connectivity index (χ1) is 14.9. The lowest BCUT2D eigenvalue weighted by atomic mass is 10.2. The maximum Gasteiger partial charge on any atom is 0.342 e. The Bertz CT molecular complexity index is 1280. The molecule has 0 saturated heterocycles. The predicted octanol–water partition coefficient (Wildman–Crippen LogP) is 4.73. The summed E-state index contributed by atoms with van der Waals surface area (Å²) in [6.45, 7) is 5.62. The highest BCUT2D eigenvalue weighted by Gasteiger charge is 2.24. The average molecular weight is 458 g/mol. The zero-order valence-electron chi connectivity index (χ0n) is 17.2. The largest absolute Gasteiger partial charge is 0.462 e. The molecule has 0 aliphatic rings. The second-order valence-electron chi connectivity index (χ2n) is 6.71. The van der Waals surface area contributed by atoms with E-state index < -0.39 is 5.97 Å². The Morgan fingerprint density at radius 1 is 1.32 bits per heavy atom. The molecule has 3 aromatic heterocycles. The molecule has 1 aromatic carbocycles. The monoisotopic (exact) mass is 457 g/mol. The van der Waals surface area contributed by atoms with Gasteiger partial charge in [-0.15, -0.1) is 0 Å². The smallest absolute Gasteiger partial charge is 0.342 e. The summed E-state index contributed by atoms with van der Waals surface area (Å²) in [5, 5.41) is 1.82. The van der Waals surface area contributed by atoms with Crippen molar-refractivity contribution in [2.24, 2.45) is 0 Å². The van der Waals surface area contributed by atoms with Crippen molar-refractivity contribution in [3.8, 4) is 5.69 Å². The molecule has 8 nitrogen and oxygen atoms in total. The number of hydrogen-bond acceptors (Lipinski definition) is 8. The van der Waals surface area contributed by atoms with Crippen LogP contribution in [0.2, 0.25) is 5.02 Å². The Hall–Kier alpha value is -3.04. The molecule has 0 aliphatic heterocycles. The molecule has 0 radical (unpaired) electrons. The molecule has 0 bridgehead atoms. The fourth-order valence-electron chi connectivity index (χ4n) is 3.26. The summed E-state index contributed by atoms with van der Waals surface area (Å²) >= 11 is 7.72. The van der Waals surface area contributed by atoms with Crippen molar-refractivity contribution < 1.29 is 13.9 Å². The van der Waals surface area contributed by atoms with E-state index in [9.17, 15) is 4.79 Å². The summed E-state index contributed by atoms with van der Waals surface area (Å²) in [7, 11) is 0. The van der Waals surface area contributed by atoms with Gasteiger partial charge in [-0.05, 0) is 38.5 Å². The second-order valence-corrected chi connectivity index (χ2v) is 8.06. The van der Waals surface area contributed by atoms with Gasteiger partial charge in [-0.1, -0.05) is 29.4 Å². The van der Waals surface area contributed by atoms with Crippen LogP contribution < -0.4 is 5.73 Å². The van der Waals surface area contributed by atoms with E-state index in [1.807, 2.05) is 35.9 Å². The number of fused-ring (bicyclic) bond motifs is 1. The Kier molecular flexibility index (Phi) is 5.88. The molecule has 10 heteroatoms. The summed E-state index contributed by atoms with van der Waals surface area (Å²) in [6.07, 6.45) is 3.60. The lowest BCUT2D eigenvalue weighted by Gasteiger charge is -2.11. The van der Waals surface area contributed by atoms with Gasteiger partial charge in [-0.2, -0.15) is 4.98 Å². The summed E-state index contributed by atoms with van der Waals surface area (Å²) in [5.74, 6) is 0.943. The number of nitrogens with zero attached hydrogens (tertiary/aromatic N) is 4. The molecule has 0 spiro atoms. The van der Waals surface area contributed by atoms with Gasteiger partial charge in [0.1, 0.15) is 23.0 Å². The average Bonchev–Trinajstić information content (AvgIpc) is 3.32. The van der Waals surface area contributed by atoms with Crippen LogP contribution in [0.5, 0.6) is 0 Å². The van der Waals surface area contributed by atoms with Crippen LogP contribution in [0.4, 0.5) is 5.82 Å². The Labute approximate surface area is 187 Å². The van der Waals surface area contributed by atoms with Gasteiger partial charge in [0.15, 0.2) is 5.16 Å². The molecule has 0 amide bonds. The third-order valence-corrected chi connectivity index (χ3v) is 6.09. The minimum atomic E-state index is -0.505. The molecule has 0 saturated carbocycles. The number of aryl methyl sites for hydroxylation is 1. The van der Waals surface area contributed by atoms with Gasteiger partial charge in [-0.3, -0.25) is 4.57 Å². The number of nitrogen functional groups attached to an aromatic ring is 1. The highest BCUT2D eigenvalue weighted by atomic mass is 35.5. The summed E-state index contributed by atoms with van der Waals surface area (Å²) in [6, 6.07) is 5.74. The highest BCUT2D eigenvalue weighted by molar-refractivity contribution is 7.98. The van der Waals surface area contributed by atoms with Crippen molar-refractivity contribution in [3.05, 3.63) is 58.3 Å². The number of imidazole rings is 1. The number of nitrogens with two attached hydrogens (primary N) is 1. The van der Waals surface area contributed by atoms with E-state index in [1.165, 1.54) is 11.8 Å². The predicted molar refractivity (Wildman–Crippen MR) is 120 cm³/mol. The number of hydrogen-bond donors (Lipinski definition) is 1. The maximum atomic E-state index is 12.3. The molecule has 0 atom stereocenters. The standard InChI is InChI=1S/C21H20ClN5O3S/c1-4-29-20(28)16-12(3)30-19-17(16)18(23)25-15(26-19)10-31-21-24-8-9-27(21)14-7-5-6-13(22)11(14)2/h5-9H,4,10H2,1-3H3,(H2,23,25,26). The van der Waals surface area contributed by atoms with E-state index in [0.29, 0.717) is 27.7 Å². The number of rotatable bonds is 6. The van der Waals surface area contributed by atoms with Crippen LogP contribution in [-0.2, 0) is 10.5 Å². The van der Waals surface area contributed by atoms with E-state index in [1.54, 1.807) is 20.0 Å². The van der Waals surface area contributed by atoms with Gasteiger partial charge in [0.05, 0.1) is 23.4 Å². The van der Waals surface area contributed by atoms with E-state index in [4.69, 9.17) is 26.5 Å². The van der Waals surface area contributed by atoms with Gasteiger partial charge in [0, 0.05) is 17.4 Å². The fraction of sp³-hybridized carbons (Fsp3) is 0.238. The molecule has 31 heavy (non-hydrogen) atoms. The Morgan fingerprint density at radius 3 is 2.90 bits per heavy atom. The van der Waals surface area contributed by atoms with Crippen molar-refractivity contribution in [1.82, 2.24) is 19.5 Å². The van der Waals surface area contributed by atoms with Crippen molar-refractivity contribution in [3.63, 3.8) is 0 Å². The van der Waals surface area contributed by atoms with Crippen molar-refractivity contribution >= 4 is 46.2 Å². The summed E-state index contributed by atoms with van der Waals surface area (Å²) < 4.78 is 12.7. The molecular formula is C21H20ClN5O3S. The van der Waals surface area contributed by atoms with Crippen LogP contribution in [0.1, 0.15) is 34.4 Å². The minimum absolute atomic E-state index is 0.175. The summed E-state index contributed by atoms with van der Waals surface area (Å²) in [4.78, 5) is 25.5. The maximum absolute atomic E-state index is 12.3. The van der Waals surface area contributed by atoms with Crippen molar-refractivity contribution in [1.29, 1.82) is 0 Å². The number of benzene rings is 1. The third kappa shape index (κ3) is 3.98. The molecule has 2 N–H and O–H groups in total. The number of ether oxygens (including phenoxy) is 1. The molecule has 0 fully saturated rings. The number of aromatic nitrogens is 4. The van der Waals surface area contributed by atoms with Crippen LogP contribution in [0.25, 0.3) is 16.8 Å². The zero-order valence-corrected chi connectivity index (χ0v) is 18.8. The fourth-order valence-corrected chi connectivity index (χ4v) is 4.25. The van der Waals surface area contributed by atoms with Crippen molar-refractivity contribution in [2.45, 2.75) is 31.7 Å². The first-order valence-electron chi connectivity index (χ1n) is 9.55. The number of thioether (sulfide) groups is 1. The molecule has 4 aromatic rings. The topological polar surface area (TPSA) is 109 Å². The lowest BCUT2D eigenvalue weighted by molar-refractivity contribution is 0.0526. The number of furan rings is 1. The van der Waals surface area contributed by atoms with Gasteiger partial charge < -0.3 is 14.9 Å². The van der Waals surface area contributed by atoms with Crippen LogP contribution in [0.15, 0.2) is 40.2 Å². The third-order valence-electron chi connectivity index (χ3n) is 4.72. The number of halogens is 1. The van der Waals surface area contributed by atoms with Gasteiger partial charge in [-0.25, -0.2) is 14.8 Å². The SMILES string of the molecule is CCOC(=O)c1c(C)oc2nc(CSc3nccn3-c3cccc(Cl)c3C)nc(N)c12. The molecule has 0 unspecified atom stereocenters. The number of anilines is 1. The van der Waals surface area contributed by atoms with E-state index in [-0.39, 0.29) is 23.7 Å². The molecular weight excluding hydrogens is 438 g/mol. The van der Waals surface area contributed by atoms with E-state index in [2.05, 4.69) is 15.0 Å². The van der Waals surface area contributed by atoms with Gasteiger partial charge in [0.2, 0.25) is 5.71 Å². The van der Waals surface area contributed by atoms with Crippen LogP contribution >= 0.6 is 23.4 Å². The summed E-state index contributed by atoms with van der Waals surface area (Å²) in [5.41, 5.74) is 8.58. The lowest BCUT2D eigenvalue weighted by Crippen LogP contribution is -2.07. The zero-order chi connectivity index (χ0) is 22.1. The first-order valence-corrected chi connectivity index (χ1v) is 10.9. The van der Waals surface area contributed by atoms with Gasteiger partial charge >= 0.3 is 5.97 Å².